The number of benzene rings is 3. The molecule has 0 bridgehead atoms. The van der Waals surface area contributed by atoms with Crippen LogP contribution in [0, 0.1) is 19.8 Å². The molecule has 1 fully saturated rings. The Bertz CT molecular complexity index is 1430. The second-order valence-corrected chi connectivity index (χ2v) is 12.0. The van der Waals surface area contributed by atoms with Gasteiger partial charge in [0.2, 0.25) is 5.91 Å². The Kier molecular flexibility index (Phi) is 8.05. The zero-order valence-corrected chi connectivity index (χ0v) is 22.8. The lowest BCUT2D eigenvalue weighted by Crippen LogP contribution is -2.31. The van der Waals surface area contributed by atoms with Gasteiger partial charge in [-0.2, -0.15) is 0 Å². The minimum absolute atomic E-state index is 0.0809. The molecule has 6 nitrogen and oxygen atoms in total. The van der Waals surface area contributed by atoms with Gasteiger partial charge in [0.05, 0.1) is 27.7 Å². The molecule has 1 N–H and O–H groups in total. The highest BCUT2D eigenvalue weighted by Crippen LogP contribution is 2.32. The van der Waals surface area contributed by atoms with E-state index < -0.39 is 9.84 Å². The lowest BCUT2D eigenvalue weighted by molar-refractivity contribution is -0.115. The largest absolute Gasteiger partial charge is 0.326 e. The second kappa shape index (κ2) is 11.1. The maximum atomic E-state index is 13.3. The molecule has 1 saturated carbocycles. The van der Waals surface area contributed by atoms with E-state index in [2.05, 4.69) is 5.32 Å². The first-order chi connectivity index (χ1) is 17.6. The van der Waals surface area contributed by atoms with Crippen molar-refractivity contribution in [3.63, 3.8) is 0 Å². The highest BCUT2D eigenvalue weighted by atomic mass is 35.5. The van der Waals surface area contributed by atoms with Gasteiger partial charge in [0.25, 0.3) is 5.91 Å². The van der Waals surface area contributed by atoms with E-state index in [0.717, 1.165) is 29.7 Å². The summed E-state index contributed by atoms with van der Waals surface area (Å²) in [6.45, 7) is 6.39. The molecule has 3 aromatic carbocycles. The fourth-order valence-corrected chi connectivity index (χ4v) is 6.22. The molecule has 2 amide bonds. The van der Waals surface area contributed by atoms with Gasteiger partial charge in [0.1, 0.15) is 0 Å². The van der Waals surface area contributed by atoms with Crippen LogP contribution >= 0.6 is 11.6 Å². The van der Waals surface area contributed by atoms with Crippen LogP contribution in [0.15, 0.2) is 65.6 Å². The van der Waals surface area contributed by atoms with Crippen molar-refractivity contribution in [3.8, 4) is 0 Å². The van der Waals surface area contributed by atoms with Crippen molar-refractivity contribution < 1.29 is 18.0 Å². The molecule has 8 heteroatoms. The van der Waals surface area contributed by atoms with Crippen molar-refractivity contribution in [3.05, 3.63) is 87.9 Å². The molecule has 0 saturated heterocycles. The third-order valence-electron chi connectivity index (χ3n) is 6.71. The predicted molar refractivity (Wildman–Crippen MR) is 148 cm³/mol. The fraction of sp³-hybridized carbons (Fsp3) is 0.310. The Morgan fingerprint density at radius 3 is 2.35 bits per heavy atom. The van der Waals surface area contributed by atoms with Crippen LogP contribution in [0.1, 0.15) is 46.8 Å². The number of halogens is 1. The van der Waals surface area contributed by atoms with Crippen LogP contribution in [-0.2, 0) is 21.1 Å². The number of hydrogen-bond acceptors (Lipinski definition) is 4. The van der Waals surface area contributed by atoms with Crippen molar-refractivity contribution in [2.45, 2.75) is 44.9 Å². The molecule has 0 aliphatic heterocycles. The molecule has 4 rings (SSSR count). The van der Waals surface area contributed by atoms with Gasteiger partial charge in [0, 0.05) is 17.9 Å². The highest BCUT2D eigenvalue weighted by molar-refractivity contribution is 7.91. The Balaban J connectivity index is 1.42. The summed E-state index contributed by atoms with van der Waals surface area (Å²) in [7, 11) is -3.28. The summed E-state index contributed by atoms with van der Waals surface area (Å²) in [5, 5.41) is 3.05. The maximum absolute atomic E-state index is 13.3. The highest BCUT2D eigenvalue weighted by Gasteiger charge is 2.29. The topological polar surface area (TPSA) is 83.6 Å². The number of nitrogens with one attached hydrogen (secondary N) is 1. The van der Waals surface area contributed by atoms with E-state index in [9.17, 15) is 18.0 Å². The summed E-state index contributed by atoms with van der Waals surface area (Å²) in [4.78, 5) is 27.9. The number of hydrogen-bond donors (Lipinski definition) is 1. The van der Waals surface area contributed by atoms with Gasteiger partial charge in [-0.15, -0.1) is 0 Å². The van der Waals surface area contributed by atoms with Gasteiger partial charge < -0.3 is 10.2 Å². The molecule has 0 unspecified atom stereocenters. The Labute approximate surface area is 223 Å². The van der Waals surface area contributed by atoms with Crippen LogP contribution in [0.5, 0.6) is 0 Å². The molecule has 0 aromatic heterocycles. The number of rotatable bonds is 9. The van der Waals surface area contributed by atoms with Gasteiger partial charge in [0.15, 0.2) is 9.84 Å². The van der Waals surface area contributed by atoms with Gasteiger partial charge in [-0.25, -0.2) is 8.42 Å². The van der Waals surface area contributed by atoms with Crippen molar-refractivity contribution >= 4 is 44.6 Å². The molecular formula is C29H31ClN2O4S. The van der Waals surface area contributed by atoms with Gasteiger partial charge in [-0.05, 0) is 92.6 Å². The quantitative estimate of drug-likeness (QED) is 0.363. The first-order valence-electron chi connectivity index (χ1n) is 12.4. The van der Waals surface area contributed by atoms with E-state index >= 15 is 0 Å². The first-order valence-corrected chi connectivity index (χ1v) is 14.4. The molecule has 37 heavy (non-hydrogen) atoms. The molecule has 3 aromatic rings. The number of sulfone groups is 1. The number of carbonyl (C=O) groups excluding carboxylic acids is 2. The number of amides is 2. The Hall–Kier alpha value is -3.16. The van der Waals surface area contributed by atoms with Crippen molar-refractivity contribution in [1.29, 1.82) is 0 Å². The fourth-order valence-electron chi connectivity index (χ4n) is 4.26. The third-order valence-corrected chi connectivity index (χ3v) is 8.92. The standard InChI is InChI=1S/C29H31ClN2O4S/c1-4-32(27-7-5-6-19(2)20(27)3)29(34)25-15-12-23(17-26(25)30)31-28(33)16-21-10-13-24(14-11-21)37(35,36)18-22-8-9-22/h5-7,10-15,17,22H,4,8-9,16,18H2,1-3H3,(H,31,33). The van der Waals surface area contributed by atoms with Crippen molar-refractivity contribution in [1.82, 2.24) is 0 Å². The summed E-state index contributed by atoms with van der Waals surface area (Å²) in [5.41, 5.74) is 4.50. The van der Waals surface area contributed by atoms with Gasteiger partial charge in [-0.3, -0.25) is 9.59 Å². The maximum Gasteiger partial charge on any atom is 0.259 e. The Morgan fingerprint density at radius 1 is 1.03 bits per heavy atom. The van der Waals surface area contributed by atoms with E-state index in [4.69, 9.17) is 11.6 Å². The van der Waals surface area contributed by atoms with E-state index in [1.54, 1.807) is 47.4 Å². The molecule has 0 radical (unpaired) electrons. The normalized spacial score (nSPS) is 13.3. The summed E-state index contributed by atoms with van der Waals surface area (Å²) in [6, 6.07) is 17.1. The van der Waals surface area contributed by atoms with Crippen molar-refractivity contribution in [2.24, 2.45) is 5.92 Å². The average molecular weight is 539 g/mol. The van der Waals surface area contributed by atoms with E-state index in [1.165, 1.54) is 0 Å². The van der Waals surface area contributed by atoms with Crippen molar-refractivity contribution in [2.75, 3.05) is 22.5 Å². The molecule has 0 atom stereocenters. The van der Waals surface area contributed by atoms with Gasteiger partial charge in [-0.1, -0.05) is 35.9 Å². The third kappa shape index (κ3) is 6.40. The summed E-state index contributed by atoms with van der Waals surface area (Å²) >= 11 is 6.47. The number of anilines is 2. The first kappa shape index (κ1) is 26.9. The smallest absolute Gasteiger partial charge is 0.259 e. The average Bonchev–Trinajstić information content (AvgIpc) is 3.66. The zero-order chi connectivity index (χ0) is 26.7. The molecule has 0 spiro atoms. The Morgan fingerprint density at radius 2 is 1.73 bits per heavy atom. The minimum atomic E-state index is -3.28. The lowest BCUT2D eigenvalue weighted by atomic mass is 10.1. The van der Waals surface area contributed by atoms with E-state index in [1.807, 2.05) is 39.0 Å². The SMILES string of the molecule is CCN(C(=O)c1ccc(NC(=O)Cc2ccc(S(=O)(=O)CC3CC3)cc2)cc1Cl)c1cccc(C)c1C. The van der Waals surface area contributed by atoms with Crippen LogP contribution in [0.2, 0.25) is 5.02 Å². The number of aryl methyl sites for hydroxylation is 1. The molecule has 194 valence electrons. The summed E-state index contributed by atoms with van der Waals surface area (Å²) in [5.74, 6) is -0.0158. The molecule has 0 heterocycles. The number of carbonyl (C=O) groups is 2. The van der Waals surface area contributed by atoms with Crippen LogP contribution in [0.3, 0.4) is 0 Å². The van der Waals surface area contributed by atoms with Gasteiger partial charge >= 0.3 is 0 Å². The van der Waals surface area contributed by atoms with Crippen LogP contribution in [0.25, 0.3) is 0 Å². The lowest BCUT2D eigenvalue weighted by Gasteiger charge is -2.24. The summed E-state index contributed by atoms with van der Waals surface area (Å²) in [6.07, 6.45) is 2.03. The summed E-state index contributed by atoms with van der Waals surface area (Å²) < 4.78 is 24.8. The van der Waals surface area contributed by atoms with E-state index in [-0.39, 0.29) is 39.8 Å². The monoisotopic (exact) mass is 538 g/mol. The van der Waals surface area contributed by atoms with Crippen LogP contribution in [0.4, 0.5) is 11.4 Å². The zero-order valence-electron chi connectivity index (χ0n) is 21.3. The minimum Gasteiger partial charge on any atom is -0.326 e. The second-order valence-electron chi connectivity index (χ2n) is 9.56. The molecule has 1 aliphatic carbocycles. The number of nitrogens with zero attached hydrogens (tertiary/aromatic N) is 1. The molecular weight excluding hydrogens is 508 g/mol. The molecule has 1 aliphatic rings. The van der Waals surface area contributed by atoms with Crippen LogP contribution in [-0.4, -0.2) is 32.5 Å². The van der Waals surface area contributed by atoms with E-state index in [0.29, 0.717) is 23.4 Å². The predicted octanol–water partition coefficient (Wildman–Crippen LogP) is 5.99. The van der Waals surface area contributed by atoms with Crippen LogP contribution < -0.4 is 10.2 Å².